The first-order valence-electron chi connectivity index (χ1n) is 7.35. The quantitative estimate of drug-likeness (QED) is 0.850. The lowest BCUT2D eigenvalue weighted by Crippen LogP contribution is -2.35. The van der Waals surface area contributed by atoms with Gasteiger partial charge in [0.05, 0.1) is 13.2 Å². The molecule has 116 valence electrons. The van der Waals surface area contributed by atoms with Crippen LogP contribution < -0.4 is 5.14 Å². The molecule has 0 amide bonds. The summed E-state index contributed by atoms with van der Waals surface area (Å²) in [5, 5.41) is 15.7. The van der Waals surface area contributed by atoms with Crippen molar-refractivity contribution in [3.05, 3.63) is 48.0 Å². The summed E-state index contributed by atoms with van der Waals surface area (Å²) < 4.78 is 5.38. The molecule has 1 saturated heterocycles. The molecule has 1 heterocycles. The van der Waals surface area contributed by atoms with Crippen molar-refractivity contribution < 1.29 is 9.84 Å². The zero-order valence-corrected chi connectivity index (χ0v) is 13.2. The number of nitrogens with zero attached hydrogens (tertiary/aromatic N) is 1. The van der Waals surface area contributed by atoms with Crippen LogP contribution in [-0.4, -0.2) is 36.3 Å². The van der Waals surface area contributed by atoms with Crippen molar-refractivity contribution >= 4 is 11.9 Å². The van der Waals surface area contributed by atoms with Crippen LogP contribution in [-0.2, 0) is 11.3 Å². The zero-order chi connectivity index (χ0) is 15.4. The number of morpholine rings is 1. The third kappa shape index (κ3) is 3.62. The SMILES string of the molecule is NSc1ccc(-c2cc(CN3CCOCC3)ccc2O)cc1. The van der Waals surface area contributed by atoms with E-state index in [1.54, 1.807) is 6.07 Å². The van der Waals surface area contributed by atoms with Crippen LogP contribution in [0.3, 0.4) is 0 Å². The van der Waals surface area contributed by atoms with E-state index in [0.717, 1.165) is 48.9 Å². The third-order valence-electron chi connectivity index (χ3n) is 3.87. The lowest BCUT2D eigenvalue weighted by molar-refractivity contribution is 0.0342. The Hall–Kier alpha value is -1.53. The predicted octanol–water partition coefficient (Wildman–Crippen LogP) is 2.86. The highest BCUT2D eigenvalue weighted by molar-refractivity contribution is 7.97. The Morgan fingerprint density at radius 2 is 1.82 bits per heavy atom. The fourth-order valence-corrected chi connectivity index (χ4v) is 2.94. The fraction of sp³-hybridized carbons (Fsp3) is 0.294. The van der Waals surface area contributed by atoms with E-state index in [9.17, 15) is 5.11 Å². The predicted molar refractivity (Wildman–Crippen MR) is 89.7 cm³/mol. The van der Waals surface area contributed by atoms with Gasteiger partial charge in [-0.2, -0.15) is 0 Å². The van der Waals surface area contributed by atoms with E-state index < -0.39 is 0 Å². The van der Waals surface area contributed by atoms with Crippen LogP contribution in [0.1, 0.15) is 5.56 Å². The highest BCUT2D eigenvalue weighted by Crippen LogP contribution is 2.31. The number of phenolic OH excluding ortho intramolecular Hbond substituents is 1. The van der Waals surface area contributed by atoms with E-state index in [4.69, 9.17) is 9.88 Å². The molecule has 2 aromatic rings. The van der Waals surface area contributed by atoms with Crippen LogP contribution in [0.2, 0.25) is 0 Å². The molecule has 0 aromatic heterocycles. The van der Waals surface area contributed by atoms with Gasteiger partial charge < -0.3 is 9.84 Å². The second-order valence-corrected chi connectivity index (χ2v) is 6.09. The van der Waals surface area contributed by atoms with Gasteiger partial charge in [-0.25, -0.2) is 0 Å². The van der Waals surface area contributed by atoms with Gasteiger partial charge in [0.1, 0.15) is 5.75 Å². The molecule has 0 saturated carbocycles. The number of aromatic hydroxyl groups is 1. The molecule has 0 aliphatic carbocycles. The van der Waals surface area contributed by atoms with Crippen molar-refractivity contribution in [2.24, 2.45) is 5.14 Å². The van der Waals surface area contributed by atoms with Crippen LogP contribution >= 0.6 is 11.9 Å². The van der Waals surface area contributed by atoms with Gasteiger partial charge in [0.15, 0.2) is 0 Å². The number of rotatable bonds is 4. The molecule has 22 heavy (non-hydrogen) atoms. The Balaban J connectivity index is 1.82. The van der Waals surface area contributed by atoms with Crippen LogP contribution in [0, 0.1) is 0 Å². The first kappa shape index (κ1) is 15.4. The van der Waals surface area contributed by atoms with Gasteiger partial charge in [-0.1, -0.05) is 18.2 Å². The third-order valence-corrected chi connectivity index (χ3v) is 4.42. The Morgan fingerprint density at radius 1 is 1.09 bits per heavy atom. The molecule has 0 spiro atoms. The van der Waals surface area contributed by atoms with Crippen LogP contribution in [0.4, 0.5) is 0 Å². The maximum atomic E-state index is 10.2. The highest BCUT2D eigenvalue weighted by atomic mass is 32.2. The molecule has 0 unspecified atom stereocenters. The van der Waals surface area contributed by atoms with E-state index in [-0.39, 0.29) is 0 Å². The Morgan fingerprint density at radius 3 is 2.50 bits per heavy atom. The summed E-state index contributed by atoms with van der Waals surface area (Å²) in [6, 6.07) is 13.7. The Labute approximate surface area is 135 Å². The number of hydrogen-bond acceptors (Lipinski definition) is 5. The average molecular weight is 316 g/mol. The number of nitrogens with two attached hydrogens (primary N) is 1. The molecule has 0 radical (unpaired) electrons. The number of hydrogen-bond donors (Lipinski definition) is 2. The summed E-state index contributed by atoms with van der Waals surface area (Å²) in [7, 11) is 0. The van der Waals surface area contributed by atoms with Crippen molar-refractivity contribution in [3.63, 3.8) is 0 Å². The van der Waals surface area contributed by atoms with Crippen molar-refractivity contribution in [1.82, 2.24) is 4.90 Å². The standard InChI is InChI=1S/C17H20N2O2S/c18-22-15-4-2-14(3-5-15)16-11-13(1-6-17(16)20)12-19-7-9-21-10-8-19/h1-6,11,20H,7-10,12,18H2. The molecule has 1 aliphatic heterocycles. The van der Waals surface area contributed by atoms with Crippen molar-refractivity contribution in [3.8, 4) is 16.9 Å². The maximum Gasteiger partial charge on any atom is 0.123 e. The normalized spacial score (nSPS) is 15.9. The summed E-state index contributed by atoms with van der Waals surface area (Å²) in [5.41, 5.74) is 3.06. The number of phenols is 1. The first-order valence-corrected chi connectivity index (χ1v) is 8.23. The van der Waals surface area contributed by atoms with Gasteiger partial charge >= 0.3 is 0 Å². The molecule has 0 bridgehead atoms. The maximum absolute atomic E-state index is 10.2. The summed E-state index contributed by atoms with van der Waals surface area (Å²) in [4.78, 5) is 3.38. The molecule has 1 aliphatic rings. The molecule has 3 rings (SSSR count). The molecule has 5 heteroatoms. The summed E-state index contributed by atoms with van der Waals surface area (Å²) in [6.45, 7) is 4.39. The van der Waals surface area contributed by atoms with E-state index in [2.05, 4.69) is 11.0 Å². The minimum absolute atomic E-state index is 0.305. The van der Waals surface area contributed by atoms with Crippen LogP contribution in [0.5, 0.6) is 5.75 Å². The van der Waals surface area contributed by atoms with Gasteiger partial charge in [0.2, 0.25) is 0 Å². The smallest absolute Gasteiger partial charge is 0.123 e. The van der Waals surface area contributed by atoms with E-state index in [0.29, 0.717) is 5.75 Å². The van der Waals surface area contributed by atoms with Crippen molar-refractivity contribution in [1.29, 1.82) is 0 Å². The van der Waals surface area contributed by atoms with Crippen LogP contribution in [0.25, 0.3) is 11.1 Å². The molecule has 1 fully saturated rings. The monoisotopic (exact) mass is 316 g/mol. The fourth-order valence-electron chi connectivity index (χ4n) is 2.64. The van der Waals surface area contributed by atoms with E-state index >= 15 is 0 Å². The molecule has 3 N–H and O–H groups in total. The number of benzene rings is 2. The minimum atomic E-state index is 0.305. The van der Waals surface area contributed by atoms with Crippen molar-refractivity contribution in [2.75, 3.05) is 26.3 Å². The second-order valence-electron chi connectivity index (χ2n) is 5.38. The lowest BCUT2D eigenvalue weighted by Gasteiger charge is -2.26. The molecule has 2 aromatic carbocycles. The van der Waals surface area contributed by atoms with Gasteiger partial charge in [-0.15, -0.1) is 0 Å². The van der Waals surface area contributed by atoms with Gasteiger partial charge in [-0.3, -0.25) is 10.0 Å². The van der Waals surface area contributed by atoms with E-state index in [1.165, 1.54) is 17.5 Å². The summed E-state index contributed by atoms with van der Waals surface area (Å²) >= 11 is 1.22. The largest absolute Gasteiger partial charge is 0.507 e. The molecule has 0 atom stereocenters. The minimum Gasteiger partial charge on any atom is -0.507 e. The summed E-state index contributed by atoms with van der Waals surface area (Å²) in [6.07, 6.45) is 0. The lowest BCUT2D eigenvalue weighted by atomic mass is 10.0. The van der Waals surface area contributed by atoms with Crippen LogP contribution in [0.15, 0.2) is 47.4 Å². The topological polar surface area (TPSA) is 58.7 Å². The summed E-state index contributed by atoms with van der Waals surface area (Å²) in [5.74, 6) is 0.305. The molecular formula is C17H20N2O2S. The zero-order valence-electron chi connectivity index (χ0n) is 12.4. The molecule has 4 nitrogen and oxygen atoms in total. The first-order chi connectivity index (χ1) is 10.8. The Bertz CT molecular complexity index is 625. The van der Waals surface area contributed by atoms with Gasteiger partial charge in [0.25, 0.3) is 0 Å². The highest BCUT2D eigenvalue weighted by Gasteiger charge is 2.12. The van der Waals surface area contributed by atoms with E-state index in [1.807, 2.05) is 30.3 Å². The van der Waals surface area contributed by atoms with Gasteiger partial charge in [-0.05, 0) is 47.3 Å². The second kappa shape index (κ2) is 7.15. The average Bonchev–Trinajstić information content (AvgIpc) is 2.58. The van der Waals surface area contributed by atoms with Crippen molar-refractivity contribution in [2.45, 2.75) is 11.4 Å². The molecular weight excluding hydrogens is 296 g/mol. The van der Waals surface area contributed by atoms with Gasteiger partial charge in [0, 0.05) is 30.1 Å². The number of ether oxygens (including phenoxy) is 1. The Kier molecular flexibility index (Phi) is 5.00.